The minimum atomic E-state index is -1.79. The fourth-order valence-electron chi connectivity index (χ4n) is 1.05. The lowest BCUT2D eigenvalue weighted by Crippen LogP contribution is -2.42. The highest BCUT2D eigenvalue weighted by atomic mass is 35.6. The Kier molecular flexibility index (Phi) is 4.26. The third-order valence-electron chi connectivity index (χ3n) is 1.79. The van der Waals surface area contributed by atoms with Gasteiger partial charge >= 0.3 is 0 Å². The highest BCUT2D eigenvalue weighted by molar-refractivity contribution is 6.76. The van der Waals surface area contributed by atoms with Crippen molar-refractivity contribution >= 4 is 40.6 Å². The van der Waals surface area contributed by atoms with Crippen LogP contribution in [0.5, 0.6) is 0 Å². The van der Waals surface area contributed by atoms with Gasteiger partial charge in [-0.1, -0.05) is 34.8 Å². The van der Waals surface area contributed by atoms with E-state index in [1.165, 1.54) is 0 Å². The maximum Gasteiger partial charge on any atom is 0.250 e. The summed E-state index contributed by atoms with van der Waals surface area (Å²) in [5, 5.41) is 0. The zero-order valence-corrected chi connectivity index (χ0v) is 9.20. The molecule has 0 N–H and O–H groups in total. The molecule has 13 heavy (non-hydrogen) atoms. The number of alkyl halides is 3. The lowest BCUT2D eigenvalue weighted by molar-refractivity contribution is -0.120. The predicted octanol–water partition coefficient (Wildman–Crippen LogP) is 1.26. The van der Waals surface area contributed by atoms with E-state index in [2.05, 4.69) is 0 Å². The van der Waals surface area contributed by atoms with Crippen LogP contribution >= 0.6 is 34.8 Å². The summed E-state index contributed by atoms with van der Waals surface area (Å²) in [6, 6.07) is 0. The molecule has 1 heterocycles. The van der Waals surface area contributed by atoms with Gasteiger partial charge in [0.15, 0.2) is 5.78 Å². The monoisotopic (exact) mass is 245 g/mol. The molecule has 1 aliphatic heterocycles. The molecule has 1 fully saturated rings. The van der Waals surface area contributed by atoms with Crippen molar-refractivity contribution < 1.29 is 9.53 Å². The molecule has 0 amide bonds. The number of hydrogen-bond donors (Lipinski definition) is 0. The van der Waals surface area contributed by atoms with E-state index >= 15 is 0 Å². The number of ketones is 1. The van der Waals surface area contributed by atoms with E-state index in [9.17, 15) is 4.79 Å². The molecule has 1 rings (SSSR count). The zero-order valence-electron chi connectivity index (χ0n) is 6.93. The van der Waals surface area contributed by atoms with Gasteiger partial charge in [-0.05, 0) is 0 Å². The van der Waals surface area contributed by atoms with Crippen LogP contribution in [0.15, 0.2) is 0 Å². The number of hydrogen-bond acceptors (Lipinski definition) is 3. The van der Waals surface area contributed by atoms with Gasteiger partial charge < -0.3 is 4.74 Å². The second-order valence-corrected chi connectivity index (χ2v) is 5.09. The third-order valence-corrected chi connectivity index (χ3v) is 2.42. The van der Waals surface area contributed by atoms with Gasteiger partial charge in [-0.2, -0.15) is 0 Å². The van der Waals surface area contributed by atoms with Gasteiger partial charge in [0.2, 0.25) is 3.79 Å². The normalized spacial score (nSPS) is 20.2. The molecule has 0 radical (unpaired) electrons. The molecule has 0 aliphatic carbocycles. The molecule has 6 heteroatoms. The molecule has 0 spiro atoms. The average Bonchev–Trinajstić information content (AvgIpc) is 2.04. The van der Waals surface area contributed by atoms with E-state index in [1.54, 1.807) is 0 Å². The van der Waals surface area contributed by atoms with Gasteiger partial charge in [-0.3, -0.25) is 9.69 Å². The van der Waals surface area contributed by atoms with Crippen LogP contribution in [0.4, 0.5) is 0 Å². The van der Waals surface area contributed by atoms with E-state index in [-0.39, 0.29) is 12.3 Å². The molecule has 0 aromatic carbocycles. The SMILES string of the molecule is O=C(CN1CCOCC1)C(Cl)(Cl)Cl. The highest BCUT2D eigenvalue weighted by Gasteiger charge is 2.31. The molecule has 0 unspecified atom stereocenters. The van der Waals surface area contributed by atoms with Crippen molar-refractivity contribution in [3.63, 3.8) is 0 Å². The first-order valence-electron chi connectivity index (χ1n) is 3.90. The van der Waals surface area contributed by atoms with Crippen LogP contribution in [-0.2, 0) is 9.53 Å². The molecule has 3 nitrogen and oxygen atoms in total. The summed E-state index contributed by atoms with van der Waals surface area (Å²) < 4.78 is 3.32. The Labute approximate surface area is 91.9 Å². The number of Topliss-reactive ketones (excluding diaryl/α,β-unsaturated/α-hetero) is 1. The minimum Gasteiger partial charge on any atom is -0.379 e. The van der Waals surface area contributed by atoms with Gasteiger partial charge in [0.1, 0.15) is 0 Å². The van der Waals surface area contributed by atoms with E-state index in [0.717, 1.165) is 0 Å². The summed E-state index contributed by atoms with van der Waals surface area (Å²) in [4.78, 5) is 13.2. The summed E-state index contributed by atoms with van der Waals surface area (Å²) >= 11 is 16.3. The van der Waals surface area contributed by atoms with Crippen LogP contribution < -0.4 is 0 Å². The maximum absolute atomic E-state index is 11.3. The number of carbonyl (C=O) groups excluding carboxylic acids is 1. The fourth-order valence-corrected chi connectivity index (χ4v) is 1.23. The predicted molar refractivity (Wildman–Crippen MR) is 52.6 cm³/mol. The Balaban J connectivity index is 2.35. The van der Waals surface area contributed by atoms with Gasteiger partial charge in [0.25, 0.3) is 0 Å². The highest BCUT2D eigenvalue weighted by Crippen LogP contribution is 2.27. The molecule has 76 valence electrons. The van der Waals surface area contributed by atoms with E-state index in [1.807, 2.05) is 4.90 Å². The van der Waals surface area contributed by atoms with Gasteiger partial charge in [0.05, 0.1) is 19.8 Å². The topological polar surface area (TPSA) is 29.5 Å². The summed E-state index contributed by atoms with van der Waals surface area (Å²) in [5.41, 5.74) is 0. The second kappa shape index (κ2) is 4.80. The Hall–Kier alpha value is 0.460. The van der Waals surface area contributed by atoms with Crippen LogP contribution in [-0.4, -0.2) is 47.3 Å². The standard InChI is InChI=1S/C7H10Cl3NO2/c8-7(9,10)6(12)5-11-1-3-13-4-2-11/h1-5H2. The third kappa shape index (κ3) is 4.00. The molecule has 1 aliphatic rings. The molecular formula is C7H10Cl3NO2. The summed E-state index contributed by atoms with van der Waals surface area (Å²) in [6.45, 7) is 2.87. The van der Waals surface area contributed by atoms with Crippen molar-refractivity contribution in [2.24, 2.45) is 0 Å². The maximum atomic E-state index is 11.3. The number of carbonyl (C=O) groups is 1. The number of rotatable bonds is 2. The average molecular weight is 247 g/mol. The molecule has 0 saturated carbocycles. The van der Waals surface area contributed by atoms with Crippen LogP contribution in [0.1, 0.15) is 0 Å². The summed E-state index contributed by atoms with van der Waals surface area (Å²) in [5.74, 6) is -0.389. The lowest BCUT2D eigenvalue weighted by Gasteiger charge is -2.26. The number of morpholine rings is 1. The first-order valence-corrected chi connectivity index (χ1v) is 5.03. The first kappa shape index (κ1) is 11.5. The molecule has 0 aromatic rings. The quantitative estimate of drug-likeness (QED) is 0.687. The zero-order chi connectivity index (χ0) is 9.90. The van der Waals surface area contributed by atoms with Crippen molar-refractivity contribution in [2.75, 3.05) is 32.8 Å². The molecule has 1 saturated heterocycles. The number of nitrogens with zero attached hydrogens (tertiary/aromatic N) is 1. The van der Waals surface area contributed by atoms with Crippen LogP contribution in [0.2, 0.25) is 0 Å². The van der Waals surface area contributed by atoms with Crippen LogP contribution in [0.3, 0.4) is 0 Å². The van der Waals surface area contributed by atoms with Gasteiger partial charge in [-0.25, -0.2) is 0 Å². The van der Waals surface area contributed by atoms with Crippen molar-refractivity contribution in [1.82, 2.24) is 4.90 Å². The van der Waals surface area contributed by atoms with Crippen molar-refractivity contribution in [1.29, 1.82) is 0 Å². The number of ether oxygens (including phenoxy) is 1. The van der Waals surface area contributed by atoms with Crippen LogP contribution in [0.25, 0.3) is 0 Å². The van der Waals surface area contributed by atoms with Crippen LogP contribution in [0, 0.1) is 0 Å². The van der Waals surface area contributed by atoms with Crippen molar-refractivity contribution in [3.8, 4) is 0 Å². The van der Waals surface area contributed by atoms with Gasteiger partial charge in [-0.15, -0.1) is 0 Å². The number of halogens is 3. The lowest BCUT2D eigenvalue weighted by atomic mass is 10.3. The first-order chi connectivity index (χ1) is 6.00. The summed E-state index contributed by atoms with van der Waals surface area (Å²) in [6.07, 6.45) is 0. The Morgan fingerprint density at radius 1 is 1.31 bits per heavy atom. The smallest absolute Gasteiger partial charge is 0.250 e. The minimum absolute atomic E-state index is 0.180. The molecular weight excluding hydrogens is 236 g/mol. The second-order valence-electron chi connectivity index (χ2n) is 2.81. The van der Waals surface area contributed by atoms with E-state index in [4.69, 9.17) is 39.5 Å². The Bertz CT molecular complexity index is 187. The van der Waals surface area contributed by atoms with E-state index in [0.29, 0.717) is 26.3 Å². The molecule has 0 aromatic heterocycles. The largest absolute Gasteiger partial charge is 0.379 e. The van der Waals surface area contributed by atoms with Gasteiger partial charge in [0, 0.05) is 13.1 Å². The molecule has 0 atom stereocenters. The summed E-state index contributed by atoms with van der Waals surface area (Å²) in [7, 11) is 0. The van der Waals surface area contributed by atoms with E-state index < -0.39 is 3.79 Å². The van der Waals surface area contributed by atoms with Crippen molar-refractivity contribution in [2.45, 2.75) is 3.79 Å². The molecule has 0 bridgehead atoms. The Morgan fingerprint density at radius 2 is 1.85 bits per heavy atom. The van der Waals surface area contributed by atoms with Crippen molar-refractivity contribution in [3.05, 3.63) is 0 Å². The fraction of sp³-hybridized carbons (Fsp3) is 0.857. The Morgan fingerprint density at radius 3 is 2.31 bits per heavy atom.